The number of aliphatic hydroxyl groups is 1. The van der Waals surface area contributed by atoms with Gasteiger partial charge in [0.15, 0.2) is 0 Å². The van der Waals surface area contributed by atoms with Crippen LogP contribution in [0.4, 0.5) is 0 Å². The van der Waals surface area contributed by atoms with Gasteiger partial charge in [-0.05, 0) is 25.7 Å². The highest BCUT2D eigenvalue weighted by Gasteiger charge is 2.09. The first-order chi connectivity index (χ1) is 6.60. The Bertz CT molecular complexity index is 159. The van der Waals surface area contributed by atoms with Crippen LogP contribution >= 0.6 is 0 Å². The average molecular weight is 201 g/mol. The molecular weight excluding hydrogens is 178 g/mol. The Morgan fingerprint density at radius 2 is 2.07 bits per heavy atom. The van der Waals surface area contributed by atoms with Crippen LogP contribution in [0.1, 0.15) is 46.5 Å². The third kappa shape index (κ3) is 6.89. The Morgan fingerprint density at radius 3 is 2.57 bits per heavy atom. The highest BCUT2D eigenvalue weighted by Crippen LogP contribution is 2.06. The maximum absolute atomic E-state index is 11.4. The molecule has 0 saturated heterocycles. The van der Waals surface area contributed by atoms with Crippen molar-refractivity contribution in [3.8, 4) is 0 Å². The maximum atomic E-state index is 11.4. The first-order valence-electron chi connectivity index (χ1n) is 5.50. The molecule has 2 N–H and O–H groups in total. The SMILES string of the molecule is CCC(C)CC(=O)NC(C)CCCO. The standard InChI is InChI=1S/C11H23NO2/c1-4-9(2)8-11(14)12-10(3)6-5-7-13/h9-10,13H,4-8H2,1-3H3,(H,12,14). The van der Waals surface area contributed by atoms with Crippen molar-refractivity contribution in [1.82, 2.24) is 5.32 Å². The van der Waals surface area contributed by atoms with Crippen LogP contribution in [0.2, 0.25) is 0 Å². The van der Waals surface area contributed by atoms with Crippen molar-refractivity contribution in [1.29, 1.82) is 0 Å². The van der Waals surface area contributed by atoms with E-state index in [1.807, 2.05) is 6.92 Å². The van der Waals surface area contributed by atoms with E-state index in [0.717, 1.165) is 19.3 Å². The van der Waals surface area contributed by atoms with Crippen molar-refractivity contribution < 1.29 is 9.90 Å². The normalized spacial score (nSPS) is 14.9. The molecule has 0 aliphatic carbocycles. The molecule has 0 aliphatic rings. The fraction of sp³-hybridized carbons (Fsp3) is 0.909. The second kappa shape index (κ2) is 7.80. The van der Waals surface area contributed by atoms with E-state index in [9.17, 15) is 4.79 Å². The number of carbonyl (C=O) groups excluding carboxylic acids is 1. The van der Waals surface area contributed by atoms with Crippen LogP contribution < -0.4 is 5.32 Å². The number of hydrogen-bond acceptors (Lipinski definition) is 2. The lowest BCUT2D eigenvalue weighted by Crippen LogP contribution is -2.33. The second-order valence-corrected chi connectivity index (χ2v) is 4.05. The minimum atomic E-state index is 0.129. The summed E-state index contributed by atoms with van der Waals surface area (Å²) in [5.41, 5.74) is 0. The topological polar surface area (TPSA) is 49.3 Å². The third-order valence-electron chi connectivity index (χ3n) is 2.43. The molecule has 0 spiro atoms. The summed E-state index contributed by atoms with van der Waals surface area (Å²) < 4.78 is 0. The van der Waals surface area contributed by atoms with E-state index < -0.39 is 0 Å². The zero-order valence-electron chi connectivity index (χ0n) is 9.55. The van der Waals surface area contributed by atoms with Gasteiger partial charge in [-0.25, -0.2) is 0 Å². The fourth-order valence-electron chi connectivity index (χ4n) is 1.26. The van der Waals surface area contributed by atoms with Gasteiger partial charge in [0.2, 0.25) is 5.91 Å². The average Bonchev–Trinajstić information content (AvgIpc) is 2.14. The number of carbonyl (C=O) groups is 1. The molecule has 0 rings (SSSR count). The van der Waals surface area contributed by atoms with Crippen LogP contribution in [0.5, 0.6) is 0 Å². The predicted octanol–water partition coefficient (Wildman–Crippen LogP) is 1.70. The number of aliphatic hydroxyl groups excluding tert-OH is 1. The van der Waals surface area contributed by atoms with Gasteiger partial charge in [-0.1, -0.05) is 20.3 Å². The molecule has 0 radical (unpaired) electrons. The third-order valence-corrected chi connectivity index (χ3v) is 2.43. The van der Waals surface area contributed by atoms with Gasteiger partial charge in [-0.15, -0.1) is 0 Å². The van der Waals surface area contributed by atoms with Crippen molar-refractivity contribution in [2.75, 3.05) is 6.61 Å². The van der Waals surface area contributed by atoms with Gasteiger partial charge >= 0.3 is 0 Å². The molecule has 0 saturated carbocycles. The number of hydrogen-bond donors (Lipinski definition) is 2. The zero-order chi connectivity index (χ0) is 11.0. The molecule has 1 amide bonds. The fourth-order valence-corrected chi connectivity index (χ4v) is 1.26. The summed E-state index contributed by atoms with van der Waals surface area (Å²) in [6.45, 7) is 6.35. The van der Waals surface area contributed by atoms with Gasteiger partial charge in [-0.2, -0.15) is 0 Å². The molecule has 84 valence electrons. The molecule has 0 heterocycles. The lowest BCUT2D eigenvalue weighted by molar-refractivity contribution is -0.122. The van der Waals surface area contributed by atoms with Crippen LogP contribution in [0.15, 0.2) is 0 Å². The van der Waals surface area contributed by atoms with Gasteiger partial charge in [0, 0.05) is 19.1 Å². The van der Waals surface area contributed by atoms with Gasteiger partial charge in [-0.3, -0.25) is 4.79 Å². The molecule has 3 heteroatoms. The molecule has 2 atom stereocenters. The smallest absolute Gasteiger partial charge is 0.220 e. The van der Waals surface area contributed by atoms with Gasteiger partial charge < -0.3 is 10.4 Å². The number of nitrogens with one attached hydrogen (secondary N) is 1. The van der Waals surface area contributed by atoms with Crippen molar-refractivity contribution in [2.45, 2.75) is 52.5 Å². The first kappa shape index (κ1) is 13.4. The van der Waals surface area contributed by atoms with E-state index in [2.05, 4.69) is 19.2 Å². The van der Waals surface area contributed by atoms with Crippen LogP contribution in [-0.2, 0) is 4.79 Å². The second-order valence-electron chi connectivity index (χ2n) is 4.05. The molecule has 14 heavy (non-hydrogen) atoms. The largest absolute Gasteiger partial charge is 0.396 e. The molecule has 0 aliphatic heterocycles. The van der Waals surface area contributed by atoms with E-state index in [0.29, 0.717) is 12.3 Å². The van der Waals surface area contributed by atoms with Crippen molar-refractivity contribution in [3.63, 3.8) is 0 Å². The Balaban J connectivity index is 3.60. The summed E-state index contributed by atoms with van der Waals surface area (Å²) in [7, 11) is 0. The number of amides is 1. The summed E-state index contributed by atoms with van der Waals surface area (Å²) in [5.74, 6) is 0.588. The Morgan fingerprint density at radius 1 is 1.43 bits per heavy atom. The molecule has 2 unspecified atom stereocenters. The van der Waals surface area contributed by atoms with Gasteiger partial charge in [0.05, 0.1) is 0 Å². The summed E-state index contributed by atoms with van der Waals surface area (Å²) >= 11 is 0. The van der Waals surface area contributed by atoms with E-state index in [-0.39, 0.29) is 18.6 Å². The van der Waals surface area contributed by atoms with Crippen LogP contribution in [0.25, 0.3) is 0 Å². The van der Waals surface area contributed by atoms with E-state index >= 15 is 0 Å². The lowest BCUT2D eigenvalue weighted by Gasteiger charge is -2.14. The summed E-state index contributed by atoms with van der Waals surface area (Å²) in [4.78, 5) is 11.4. The first-order valence-corrected chi connectivity index (χ1v) is 5.50. The van der Waals surface area contributed by atoms with Crippen molar-refractivity contribution in [2.24, 2.45) is 5.92 Å². The van der Waals surface area contributed by atoms with Crippen LogP contribution in [0.3, 0.4) is 0 Å². The zero-order valence-corrected chi connectivity index (χ0v) is 9.55. The van der Waals surface area contributed by atoms with Crippen LogP contribution in [0, 0.1) is 5.92 Å². The van der Waals surface area contributed by atoms with E-state index in [4.69, 9.17) is 5.11 Å². The monoisotopic (exact) mass is 201 g/mol. The van der Waals surface area contributed by atoms with E-state index in [1.165, 1.54) is 0 Å². The van der Waals surface area contributed by atoms with Gasteiger partial charge in [0.1, 0.15) is 0 Å². The molecule has 0 aromatic rings. The minimum absolute atomic E-state index is 0.129. The van der Waals surface area contributed by atoms with Crippen molar-refractivity contribution >= 4 is 5.91 Å². The quantitative estimate of drug-likeness (QED) is 0.658. The highest BCUT2D eigenvalue weighted by molar-refractivity contribution is 5.76. The molecule has 0 fully saturated rings. The predicted molar refractivity (Wildman–Crippen MR) is 58.0 cm³/mol. The summed E-state index contributed by atoms with van der Waals surface area (Å²) in [5, 5.41) is 11.5. The minimum Gasteiger partial charge on any atom is -0.396 e. The van der Waals surface area contributed by atoms with Crippen LogP contribution in [-0.4, -0.2) is 23.7 Å². The molecular formula is C11H23NO2. The Hall–Kier alpha value is -0.570. The maximum Gasteiger partial charge on any atom is 0.220 e. The lowest BCUT2D eigenvalue weighted by atomic mass is 10.0. The van der Waals surface area contributed by atoms with E-state index in [1.54, 1.807) is 0 Å². The van der Waals surface area contributed by atoms with Gasteiger partial charge in [0.25, 0.3) is 0 Å². The molecule has 3 nitrogen and oxygen atoms in total. The summed E-state index contributed by atoms with van der Waals surface area (Å²) in [6.07, 6.45) is 3.26. The number of rotatable bonds is 7. The highest BCUT2D eigenvalue weighted by atomic mass is 16.2. The Kier molecular flexibility index (Phi) is 7.48. The molecule has 0 aromatic carbocycles. The molecule has 0 bridgehead atoms. The Labute approximate surface area is 86.9 Å². The van der Waals surface area contributed by atoms with Crippen molar-refractivity contribution in [3.05, 3.63) is 0 Å². The summed E-state index contributed by atoms with van der Waals surface area (Å²) in [6, 6.07) is 0.179. The molecule has 0 aromatic heterocycles.